The first-order valence-electron chi connectivity index (χ1n) is 6.45. The number of carbonyl (C=O) groups excluding carboxylic acids is 1. The molecule has 3 heteroatoms. The summed E-state index contributed by atoms with van der Waals surface area (Å²) >= 11 is 0. The maximum Gasteiger partial charge on any atom is 0.226 e. The molecule has 0 N–H and O–H groups in total. The van der Waals surface area contributed by atoms with Gasteiger partial charge in [-0.15, -0.1) is 0 Å². The van der Waals surface area contributed by atoms with Crippen LogP contribution in [0.2, 0.25) is 0 Å². The molecule has 0 saturated heterocycles. The molecule has 0 heterocycles. The molecule has 0 saturated carbocycles. The van der Waals surface area contributed by atoms with Gasteiger partial charge in [0.1, 0.15) is 0 Å². The van der Waals surface area contributed by atoms with Crippen molar-refractivity contribution in [2.24, 2.45) is 0 Å². The second-order valence-corrected chi connectivity index (χ2v) is 4.43. The van der Waals surface area contributed by atoms with Gasteiger partial charge in [-0.05, 0) is 24.6 Å². The lowest BCUT2D eigenvalue weighted by molar-refractivity contribution is -0.118. The molecule has 0 fully saturated rings. The number of nitrogens with zero attached hydrogens (tertiary/aromatic N) is 2. The summed E-state index contributed by atoms with van der Waals surface area (Å²) < 4.78 is 0. The van der Waals surface area contributed by atoms with Crippen molar-refractivity contribution in [1.29, 1.82) is 5.26 Å². The molecule has 0 bridgehead atoms. The van der Waals surface area contributed by atoms with Crippen LogP contribution in [0.25, 0.3) is 0 Å². The Morgan fingerprint density at radius 1 is 1.33 bits per heavy atom. The fraction of sp³-hybridized carbons (Fsp3) is 0.467. The van der Waals surface area contributed by atoms with E-state index in [1.807, 2.05) is 6.07 Å². The number of anilines is 1. The highest BCUT2D eigenvalue weighted by atomic mass is 16.2. The van der Waals surface area contributed by atoms with Crippen molar-refractivity contribution in [3.8, 4) is 6.07 Å². The zero-order valence-corrected chi connectivity index (χ0v) is 11.1. The van der Waals surface area contributed by atoms with Crippen molar-refractivity contribution in [3.63, 3.8) is 0 Å². The van der Waals surface area contributed by atoms with E-state index in [1.54, 1.807) is 30.1 Å². The number of hydrogen-bond donors (Lipinski definition) is 0. The topological polar surface area (TPSA) is 44.1 Å². The van der Waals surface area contributed by atoms with Crippen LogP contribution in [0.3, 0.4) is 0 Å². The third-order valence-electron chi connectivity index (χ3n) is 2.98. The molecule has 1 amide bonds. The summed E-state index contributed by atoms with van der Waals surface area (Å²) in [4.78, 5) is 13.6. The van der Waals surface area contributed by atoms with E-state index >= 15 is 0 Å². The molecule has 0 atom stereocenters. The summed E-state index contributed by atoms with van der Waals surface area (Å²) in [5.74, 6) is 0.112. The smallest absolute Gasteiger partial charge is 0.226 e. The lowest BCUT2D eigenvalue weighted by Gasteiger charge is -2.17. The van der Waals surface area contributed by atoms with Crippen LogP contribution in [0.4, 0.5) is 5.69 Å². The molecule has 0 aromatic heterocycles. The van der Waals surface area contributed by atoms with E-state index < -0.39 is 0 Å². The molecular weight excluding hydrogens is 224 g/mol. The number of nitriles is 1. The molecule has 0 aliphatic carbocycles. The average Bonchev–Trinajstić information content (AvgIpc) is 2.42. The molecule has 0 aliphatic heterocycles. The molecule has 18 heavy (non-hydrogen) atoms. The molecule has 3 nitrogen and oxygen atoms in total. The predicted molar refractivity (Wildman–Crippen MR) is 73.3 cm³/mol. The standard InChI is InChI=1S/C15H20N2O/c1-3-4-5-6-10-15(18)17(2)14-9-7-8-13(11-14)12-16/h7-9,11H,3-6,10H2,1-2H3. The Hall–Kier alpha value is -1.82. The third-order valence-corrected chi connectivity index (χ3v) is 2.98. The monoisotopic (exact) mass is 244 g/mol. The normalized spacial score (nSPS) is 9.83. The van der Waals surface area contributed by atoms with Crippen LogP contribution in [-0.4, -0.2) is 13.0 Å². The van der Waals surface area contributed by atoms with E-state index in [0.29, 0.717) is 12.0 Å². The van der Waals surface area contributed by atoms with Crippen LogP contribution < -0.4 is 4.90 Å². The van der Waals surface area contributed by atoms with E-state index in [-0.39, 0.29) is 5.91 Å². The number of amides is 1. The lowest BCUT2D eigenvalue weighted by Crippen LogP contribution is -2.25. The van der Waals surface area contributed by atoms with Crippen molar-refractivity contribution >= 4 is 11.6 Å². The van der Waals surface area contributed by atoms with Gasteiger partial charge < -0.3 is 4.90 Å². The summed E-state index contributed by atoms with van der Waals surface area (Å²) in [6, 6.07) is 9.21. The molecular formula is C15H20N2O. The SMILES string of the molecule is CCCCCCC(=O)N(C)c1cccc(C#N)c1. The van der Waals surface area contributed by atoms with Crippen molar-refractivity contribution in [2.75, 3.05) is 11.9 Å². The van der Waals surface area contributed by atoms with Gasteiger partial charge in [-0.1, -0.05) is 32.3 Å². The van der Waals surface area contributed by atoms with Gasteiger partial charge in [-0.25, -0.2) is 0 Å². The molecule has 1 rings (SSSR count). The first-order valence-corrected chi connectivity index (χ1v) is 6.45. The van der Waals surface area contributed by atoms with Gasteiger partial charge in [0.2, 0.25) is 5.91 Å². The van der Waals surface area contributed by atoms with Crippen molar-refractivity contribution in [2.45, 2.75) is 39.0 Å². The minimum absolute atomic E-state index is 0.112. The minimum atomic E-state index is 0.112. The van der Waals surface area contributed by atoms with Crippen LogP contribution in [0, 0.1) is 11.3 Å². The van der Waals surface area contributed by atoms with E-state index in [4.69, 9.17) is 5.26 Å². The van der Waals surface area contributed by atoms with Crippen LogP contribution in [0.1, 0.15) is 44.6 Å². The maximum absolute atomic E-state index is 11.9. The largest absolute Gasteiger partial charge is 0.315 e. The first kappa shape index (κ1) is 14.2. The molecule has 0 radical (unpaired) electrons. The summed E-state index contributed by atoms with van der Waals surface area (Å²) in [6.07, 6.45) is 4.98. The fourth-order valence-electron chi connectivity index (χ4n) is 1.80. The highest BCUT2D eigenvalue weighted by Gasteiger charge is 2.10. The summed E-state index contributed by atoms with van der Waals surface area (Å²) in [5.41, 5.74) is 1.37. The average molecular weight is 244 g/mol. The number of hydrogen-bond acceptors (Lipinski definition) is 2. The van der Waals surface area contributed by atoms with Crippen LogP contribution >= 0.6 is 0 Å². The molecule has 96 valence electrons. The minimum Gasteiger partial charge on any atom is -0.315 e. The molecule has 1 aromatic rings. The van der Waals surface area contributed by atoms with E-state index in [2.05, 4.69) is 13.0 Å². The lowest BCUT2D eigenvalue weighted by atomic mass is 10.1. The van der Waals surface area contributed by atoms with Gasteiger partial charge in [0.25, 0.3) is 0 Å². The summed E-state index contributed by atoms with van der Waals surface area (Å²) in [6.45, 7) is 2.15. The Morgan fingerprint density at radius 3 is 2.78 bits per heavy atom. The number of unbranched alkanes of at least 4 members (excludes halogenated alkanes) is 3. The summed E-state index contributed by atoms with van der Waals surface area (Å²) in [7, 11) is 1.76. The van der Waals surface area contributed by atoms with E-state index in [1.165, 1.54) is 12.8 Å². The summed E-state index contributed by atoms with van der Waals surface area (Å²) in [5, 5.41) is 8.83. The molecule has 0 aliphatic rings. The number of benzene rings is 1. The van der Waals surface area contributed by atoms with Crippen LogP contribution in [0.15, 0.2) is 24.3 Å². The fourth-order valence-corrected chi connectivity index (χ4v) is 1.80. The van der Waals surface area contributed by atoms with Gasteiger partial charge >= 0.3 is 0 Å². The Bertz CT molecular complexity index is 434. The van der Waals surface area contributed by atoms with E-state index in [0.717, 1.165) is 18.5 Å². The molecule has 0 spiro atoms. The second kappa shape index (κ2) is 7.50. The van der Waals surface area contributed by atoms with Gasteiger partial charge in [-0.3, -0.25) is 4.79 Å². The third kappa shape index (κ3) is 4.21. The van der Waals surface area contributed by atoms with Crippen molar-refractivity contribution in [3.05, 3.63) is 29.8 Å². The van der Waals surface area contributed by atoms with Crippen molar-refractivity contribution in [1.82, 2.24) is 0 Å². The highest BCUT2D eigenvalue weighted by molar-refractivity contribution is 5.92. The second-order valence-electron chi connectivity index (χ2n) is 4.43. The van der Waals surface area contributed by atoms with Gasteiger partial charge in [0.15, 0.2) is 0 Å². The Labute approximate surface area is 109 Å². The zero-order chi connectivity index (χ0) is 13.4. The highest BCUT2D eigenvalue weighted by Crippen LogP contribution is 2.16. The predicted octanol–water partition coefficient (Wildman–Crippen LogP) is 3.49. The quantitative estimate of drug-likeness (QED) is 0.719. The number of rotatable bonds is 6. The Morgan fingerprint density at radius 2 is 2.11 bits per heavy atom. The van der Waals surface area contributed by atoms with Crippen LogP contribution in [0.5, 0.6) is 0 Å². The zero-order valence-electron chi connectivity index (χ0n) is 11.1. The Kier molecular flexibility index (Phi) is 5.93. The first-order chi connectivity index (χ1) is 8.69. The van der Waals surface area contributed by atoms with Crippen LogP contribution in [-0.2, 0) is 4.79 Å². The van der Waals surface area contributed by atoms with Crippen molar-refractivity contribution < 1.29 is 4.79 Å². The number of carbonyl (C=O) groups is 1. The molecule has 1 aromatic carbocycles. The Balaban J connectivity index is 2.55. The van der Waals surface area contributed by atoms with Gasteiger partial charge in [0.05, 0.1) is 11.6 Å². The molecule has 0 unspecified atom stereocenters. The maximum atomic E-state index is 11.9. The van der Waals surface area contributed by atoms with Gasteiger partial charge in [-0.2, -0.15) is 5.26 Å². The van der Waals surface area contributed by atoms with E-state index in [9.17, 15) is 4.79 Å². The van der Waals surface area contributed by atoms with Gasteiger partial charge in [0, 0.05) is 19.2 Å².